The van der Waals surface area contributed by atoms with Gasteiger partial charge in [0, 0.05) is 18.9 Å². The third-order valence-corrected chi connectivity index (χ3v) is 3.86. The largest absolute Gasteiger partial charge is 0.499 e. The number of rotatable bonds is 5. The van der Waals surface area contributed by atoms with Gasteiger partial charge in [0.1, 0.15) is 17.3 Å². The Labute approximate surface area is 135 Å². The van der Waals surface area contributed by atoms with Crippen molar-refractivity contribution >= 4 is 45.3 Å². The molecule has 20 heavy (non-hydrogen) atoms. The molecule has 0 saturated heterocycles. The molecule has 0 fully saturated rings. The van der Waals surface area contributed by atoms with Gasteiger partial charge in [-0.2, -0.15) is 4.98 Å². The van der Waals surface area contributed by atoms with E-state index in [-0.39, 0.29) is 5.28 Å². The summed E-state index contributed by atoms with van der Waals surface area (Å²) >= 11 is 10.7. The average Bonchev–Trinajstić information content (AvgIpc) is 2.45. The van der Waals surface area contributed by atoms with Crippen LogP contribution in [-0.4, -0.2) is 23.3 Å². The Morgan fingerprint density at radius 2 is 2.30 bits per heavy atom. The summed E-state index contributed by atoms with van der Waals surface area (Å²) in [7, 11) is 1.68. The van der Waals surface area contributed by atoms with Gasteiger partial charge in [0.2, 0.25) is 5.28 Å². The predicted octanol–water partition coefficient (Wildman–Crippen LogP) is 3.71. The molecule has 1 heterocycles. The van der Waals surface area contributed by atoms with Crippen molar-refractivity contribution in [1.29, 1.82) is 0 Å². The van der Waals surface area contributed by atoms with Crippen molar-refractivity contribution in [3.05, 3.63) is 39.2 Å². The van der Waals surface area contributed by atoms with Crippen molar-refractivity contribution in [3.8, 4) is 0 Å². The molecule has 0 saturated carbocycles. The van der Waals surface area contributed by atoms with Crippen LogP contribution in [-0.2, 0) is 4.74 Å². The van der Waals surface area contributed by atoms with E-state index in [2.05, 4.69) is 42.0 Å². The fourth-order valence-corrected chi connectivity index (χ4v) is 2.67. The maximum Gasteiger partial charge on any atom is 0.224 e. The summed E-state index contributed by atoms with van der Waals surface area (Å²) in [6.45, 7) is 0. The van der Waals surface area contributed by atoms with E-state index in [4.69, 9.17) is 16.3 Å². The van der Waals surface area contributed by atoms with Crippen molar-refractivity contribution in [1.82, 2.24) is 14.7 Å². The minimum absolute atomic E-state index is 0.197. The third-order valence-electron chi connectivity index (χ3n) is 2.69. The van der Waals surface area contributed by atoms with E-state index < -0.39 is 0 Å². The first-order chi connectivity index (χ1) is 9.65. The number of nitrogens with zero attached hydrogens (tertiary/aromatic N) is 2. The standard InChI is InChI=1S/C12H14BrClN4OS/c1-19-9-5-3-4-8(10(9)18-20-2)16-11-7(13)6-15-12(14)17-11/h4,6,18H,3,5H2,1-2H3,(H,15,16,17). The van der Waals surface area contributed by atoms with Crippen LogP contribution in [0.15, 0.2) is 33.9 Å². The first-order valence-corrected chi connectivity index (χ1v) is 8.27. The lowest BCUT2D eigenvalue weighted by Crippen LogP contribution is -2.19. The fraction of sp³-hybridized carbons (Fsp3) is 0.333. The summed E-state index contributed by atoms with van der Waals surface area (Å²) in [5.41, 5.74) is 1.84. The highest BCUT2D eigenvalue weighted by atomic mass is 79.9. The highest BCUT2D eigenvalue weighted by molar-refractivity contribution is 9.10. The minimum Gasteiger partial charge on any atom is -0.499 e. The Morgan fingerprint density at radius 1 is 1.50 bits per heavy atom. The van der Waals surface area contributed by atoms with E-state index in [1.54, 1.807) is 13.3 Å². The van der Waals surface area contributed by atoms with Crippen molar-refractivity contribution in [2.45, 2.75) is 12.8 Å². The molecule has 108 valence electrons. The second-order valence-corrected chi connectivity index (χ2v) is 5.73. The van der Waals surface area contributed by atoms with Gasteiger partial charge < -0.3 is 14.8 Å². The minimum atomic E-state index is 0.197. The van der Waals surface area contributed by atoms with Crippen LogP contribution in [0.3, 0.4) is 0 Å². The van der Waals surface area contributed by atoms with E-state index in [0.717, 1.165) is 34.5 Å². The number of nitrogens with one attached hydrogen (secondary N) is 2. The molecule has 0 spiro atoms. The number of aromatic nitrogens is 2. The number of hydrogen-bond acceptors (Lipinski definition) is 6. The second kappa shape index (κ2) is 7.19. The predicted molar refractivity (Wildman–Crippen MR) is 86.4 cm³/mol. The molecule has 0 aromatic carbocycles. The van der Waals surface area contributed by atoms with Gasteiger partial charge in [0.25, 0.3) is 0 Å². The van der Waals surface area contributed by atoms with E-state index >= 15 is 0 Å². The quantitative estimate of drug-likeness (QED) is 0.602. The molecule has 0 aliphatic heterocycles. The molecule has 0 atom stereocenters. The molecule has 1 aliphatic carbocycles. The van der Waals surface area contributed by atoms with Gasteiger partial charge in [-0.15, -0.1) is 0 Å². The number of anilines is 1. The number of ether oxygens (including phenoxy) is 1. The Balaban J connectivity index is 2.29. The Hall–Kier alpha value is -0.920. The zero-order chi connectivity index (χ0) is 14.5. The normalized spacial score (nSPS) is 14.9. The molecule has 0 bridgehead atoms. The molecule has 0 radical (unpaired) electrons. The van der Waals surface area contributed by atoms with Crippen molar-refractivity contribution < 1.29 is 4.74 Å². The summed E-state index contributed by atoms with van der Waals surface area (Å²) in [5, 5.41) is 3.45. The van der Waals surface area contributed by atoms with Gasteiger partial charge in [-0.25, -0.2) is 4.98 Å². The molecule has 5 nitrogen and oxygen atoms in total. The molecule has 1 aromatic heterocycles. The lowest BCUT2D eigenvalue weighted by molar-refractivity contribution is 0.270. The lowest BCUT2D eigenvalue weighted by Gasteiger charge is -2.22. The van der Waals surface area contributed by atoms with Crippen molar-refractivity contribution in [2.24, 2.45) is 0 Å². The molecule has 0 amide bonds. The number of hydrogen-bond donors (Lipinski definition) is 2. The molecule has 8 heteroatoms. The third kappa shape index (κ3) is 3.59. The monoisotopic (exact) mass is 376 g/mol. The highest BCUT2D eigenvalue weighted by Crippen LogP contribution is 2.28. The van der Waals surface area contributed by atoms with Gasteiger partial charge in [0.15, 0.2) is 0 Å². The van der Waals surface area contributed by atoms with Crippen LogP contribution in [0.2, 0.25) is 5.28 Å². The summed E-state index contributed by atoms with van der Waals surface area (Å²) in [6.07, 6.45) is 7.45. The lowest BCUT2D eigenvalue weighted by atomic mass is 10.1. The molecule has 1 aliphatic rings. The Kier molecular flexibility index (Phi) is 5.56. The molecule has 0 unspecified atom stereocenters. The number of halogens is 2. The maximum atomic E-state index is 5.83. The van der Waals surface area contributed by atoms with Crippen LogP contribution in [0.1, 0.15) is 12.8 Å². The topological polar surface area (TPSA) is 59.1 Å². The van der Waals surface area contributed by atoms with Crippen LogP contribution in [0.5, 0.6) is 0 Å². The van der Waals surface area contributed by atoms with Gasteiger partial charge in [0.05, 0.1) is 17.3 Å². The van der Waals surface area contributed by atoms with Crippen molar-refractivity contribution in [3.63, 3.8) is 0 Å². The van der Waals surface area contributed by atoms with Gasteiger partial charge >= 0.3 is 0 Å². The number of allylic oxidation sites excluding steroid dienone is 2. The van der Waals surface area contributed by atoms with Crippen LogP contribution in [0.25, 0.3) is 0 Å². The second-order valence-electron chi connectivity index (χ2n) is 3.93. The molecular formula is C12H14BrClN4OS. The SMILES string of the molecule is COC1=C(NSC)C(Nc2nc(Cl)ncc2Br)=CCC1. The molecule has 2 N–H and O–H groups in total. The fourth-order valence-electron chi connectivity index (χ4n) is 1.82. The summed E-state index contributed by atoms with van der Waals surface area (Å²) in [6, 6.07) is 0. The van der Waals surface area contributed by atoms with Crippen LogP contribution in [0, 0.1) is 0 Å². The summed E-state index contributed by atoms with van der Waals surface area (Å²) in [5.74, 6) is 1.54. The van der Waals surface area contributed by atoms with Crippen LogP contribution < -0.4 is 10.0 Å². The smallest absolute Gasteiger partial charge is 0.224 e. The van der Waals surface area contributed by atoms with E-state index in [9.17, 15) is 0 Å². The van der Waals surface area contributed by atoms with Gasteiger partial charge in [-0.3, -0.25) is 0 Å². The maximum absolute atomic E-state index is 5.83. The van der Waals surface area contributed by atoms with E-state index in [0.29, 0.717) is 5.82 Å². The van der Waals surface area contributed by atoms with E-state index in [1.165, 1.54) is 11.9 Å². The van der Waals surface area contributed by atoms with Crippen molar-refractivity contribution in [2.75, 3.05) is 18.7 Å². The van der Waals surface area contributed by atoms with Gasteiger partial charge in [-0.05, 0) is 34.0 Å². The first-order valence-electron chi connectivity index (χ1n) is 5.87. The van der Waals surface area contributed by atoms with E-state index in [1.807, 2.05) is 6.26 Å². The van der Waals surface area contributed by atoms with Crippen LogP contribution in [0.4, 0.5) is 5.82 Å². The molecule has 1 aromatic rings. The summed E-state index contributed by atoms with van der Waals surface area (Å²) in [4.78, 5) is 8.08. The molecular weight excluding hydrogens is 364 g/mol. The highest BCUT2D eigenvalue weighted by Gasteiger charge is 2.18. The number of methoxy groups -OCH3 is 1. The zero-order valence-corrected chi connectivity index (χ0v) is 14.2. The first kappa shape index (κ1) is 15.5. The van der Waals surface area contributed by atoms with Crippen LogP contribution >= 0.6 is 39.5 Å². The summed E-state index contributed by atoms with van der Waals surface area (Å²) < 4.78 is 9.42. The Morgan fingerprint density at radius 3 is 3.00 bits per heavy atom. The zero-order valence-electron chi connectivity index (χ0n) is 11.0. The molecule has 2 rings (SSSR count). The average molecular weight is 378 g/mol. The Bertz CT molecular complexity index is 564. The van der Waals surface area contributed by atoms with Gasteiger partial charge in [-0.1, -0.05) is 18.0 Å².